The van der Waals surface area contributed by atoms with Crippen molar-refractivity contribution in [3.63, 3.8) is 0 Å². The van der Waals surface area contributed by atoms with Crippen LogP contribution >= 0.6 is 11.3 Å². The summed E-state index contributed by atoms with van der Waals surface area (Å²) in [5, 5.41) is 11.8. The first-order valence-corrected chi connectivity index (χ1v) is 7.96. The van der Waals surface area contributed by atoms with Crippen LogP contribution in [0.25, 0.3) is 10.6 Å². The third-order valence-electron chi connectivity index (χ3n) is 3.37. The molecule has 0 aliphatic carbocycles. The number of amides is 1. The highest BCUT2D eigenvalue weighted by Crippen LogP contribution is 2.26. The summed E-state index contributed by atoms with van der Waals surface area (Å²) in [6, 6.07) is 10.5. The lowest BCUT2D eigenvalue weighted by molar-refractivity contribution is 0.0770. The molecule has 0 aliphatic rings. The van der Waals surface area contributed by atoms with Gasteiger partial charge in [0.1, 0.15) is 28.0 Å². The van der Waals surface area contributed by atoms with E-state index in [1.807, 2.05) is 19.1 Å². The van der Waals surface area contributed by atoms with Gasteiger partial charge in [0.05, 0.1) is 6.54 Å². The molecule has 0 spiro atoms. The van der Waals surface area contributed by atoms with Gasteiger partial charge in [0, 0.05) is 18.0 Å². The molecule has 1 N–H and O–H groups in total. The average Bonchev–Trinajstić information content (AvgIpc) is 3.16. The molecule has 118 valence electrons. The van der Waals surface area contributed by atoms with Gasteiger partial charge in [0.15, 0.2) is 0 Å². The van der Waals surface area contributed by atoms with E-state index in [4.69, 9.17) is 4.42 Å². The summed E-state index contributed by atoms with van der Waals surface area (Å²) < 4.78 is 5.49. The third-order valence-corrected chi connectivity index (χ3v) is 4.26. The Bertz CT molecular complexity index is 820. The Balaban J connectivity index is 1.74. The second-order valence-electron chi connectivity index (χ2n) is 5.26. The van der Waals surface area contributed by atoms with E-state index in [0.29, 0.717) is 12.2 Å². The highest BCUT2D eigenvalue weighted by molar-refractivity contribution is 7.13. The molecule has 2 aromatic heterocycles. The number of carbonyl (C=O) groups is 1. The second kappa shape index (κ2) is 6.26. The van der Waals surface area contributed by atoms with Gasteiger partial charge in [0.2, 0.25) is 0 Å². The Morgan fingerprint density at radius 3 is 2.65 bits per heavy atom. The molecular weight excluding hydrogens is 312 g/mol. The van der Waals surface area contributed by atoms with Crippen molar-refractivity contribution in [2.45, 2.75) is 13.5 Å². The average molecular weight is 328 g/mol. The predicted molar refractivity (Wildman–Crippen MR) is 88.5 cm³/mol. The molecule has 2 heterocycles. The van der Waals surface area contributed by atoms with Crippen molar-refractivity contribution in [3.05, 3.63) is 59.0 Å². The van der Waals surface area contributed by atoms with Crippen LogP contribution in [0.15, 0.2) is 46.2 Å². The SMILES string of the molecule is Cc1ccc(CN(C)C(=O)c2csc(-c3ccc(O)cc3)n2)o1. The zero-order valence-electron chi connectivity index (χ0n) is 12.8. The van der Waals surface area contributed by atoms with Gasteiger partial charge < -0.3 is 14.4 Å². The van der Waals surface area contributed by atoms with Gasteiger partial charge in [-0.15, -0.1) is 11.3 Å². The molecule has 0 radical (unpaired) electrons. The Kier molecular flexibility index (Phi) is 4.16. The topological polar surface area (TPSA) is 66.6 Å². The number of aryl methyl sites for hydroxylation is 1. The van der Waals surface area contributed by atoms with Crippen LogP contribution in [0.2, 0.25) is 0 Å². The Morgan fingerprint density at radius 1 is 1.26 bits per heavy atom. The number of furan rings is 1. The minimum Gasteiger partial charge on any atom is -0.508 e. The summed E-state index contributed by atoms with van der Waals surface area (Å²) in [7, 11) is 1.72. The molecule has 3 rings (SSSR count). The zero-order chi connectivity index (χ0) is 16.4. The number of hydrogen-bond acceptors (Lipinski definition) is 5. The number of aromatic hydroxyl groups is 1. The standard InChI is InChI=1S/C17H16N2O3S/c1-11-3-8-14(22-11)9-19(2)17(21)15-10-23-16(18-15)12-4-6-13(20)7-5-12/h3-8,10,20H,9H2,1-2H3. The molecule has 23 heavy (non-hydrogen) atoms. The number of benzene rings is 1. The van der Waals surface area contributed by atoms with Crippen LogP contribution in [-0.4, -0.2) is 27.9 Å². The quantitative estimate of drug-likeness (QED) is 0.793. The van der Waals surface area contributed by atoms with E-state index in [1.54, 1.807) is 41.6 Å². The highest BCUT2D eigenvalue weighted by Gasteiger charge is 2.17. The molecular formula is C17H16N2O3S. The van der Waals surface area contributed by atoms with Gasteiger partial charge in [0.25, 0.3) is 5.91 Å². The van der Waals surface area contributed by atoms with E-state index in [0.717, 1.165) is 22.1 Å². The van der Waals surface area contributed by atoms with E-state index >= 15 is 0 Å². The fraction of sp³-hybridized carbons (Fsp3) is 0.176. The Labute approximate surface area is 137 Å². The van der Waals surface area contributed by atoms with Gasteiger partial charge >= 0.3 is 0 Å². The fourth-order valence-corrected chi connectivity index (χ4v) is 2.98. The summed E-state index contributed by atoms with van der Waals surface area (Å²) in [5.41, 5.74) is 1.28. The van der Waals surface area contributed by atoms with Crippen molar-refractivity contribution in [1.29, 1.82) is 0 Å². The van der Waals surface area contributed by atoms with Crippen LogP contribution in [0, 0.1) is 6.92 Å². The van der Waals surface area contributed by atoms with Crippen molar-refractivity contribution in [2.75, 3.05) is 7.05 Å². The lowest BCUT2D eigenvalue weighted by Gasteiger charge is -2.13. The lowest BCUT2D eigenvalue weighted by atomic mass is 10.2. The number of phenolic OH excluding ortho intramolecular Hbond substituents is 1. The smallest absolute Gasteiger partial charge is 0.273 e. The van der Waals surface area contributed by atoms with E-state index in [2.05, 4.69) is 4.98 Å². The molecule has 0 aliphatic heterocycles. The van der Waals surface area contributed by atoms with E-state index in [9.17, 15) is 9.90 Å². The first-order valence-electron chi connectivity index (χ1n) is 7.08. The van der Waals surface area contributed by atoms with Crippen molar-refractivity contribution >= 4 is 17.2 Å². The van der Waals surface area contributed by atoms with Crippen molar-refractivity contribution in [2.24, 2.45) is 0 Å². The van der Waals surface area contributed by atoms with Gasteiger partial charge in [-0.1, -0.05) is 0 Å². The van der Waals surface area contributed by atoms with E-state index in [1.165, 1.54) is 11.3 Å². The van der Waals surface area contributed by atoms with Crippen LogP contribution in [0.1, 0.15) is 22.0 Å². The number of phenols is 1. The van der Waals surface area contributed by atoms with Crippen molar-refractivity contribution in [3.8, 4) is 16.3 Å². The van der Waals surface area contributed by atoms with Gasteiger partial charge in [-0.3, -0.25) is 4.79 Å². The predicted octanol–water partition coefficient (Wildman–Crippen LogP) is 3.69. The molecule has 1 amide bonds. The maximum Gasteiger partial charge on any atom is 0.273 e. The minimum atomic E-state index is -0.152. The molecule has 6 heteroatoms. The van der Waals surface area contributed by atoms with Crippen LogP contribution in [0.5, 0.6) is 5.75 Å². The number of aromatic nitrogens is 1. The molecule has 0 unspecified atom stereocenters. The summed E-state index contributed by atoms with van der Waals surface area (Å²) in [6.07, 6.45) is 0. The number of nitrogens with zero attached hydrogens (tertiary/aromatic N) is 2. The molecule has 3 aromatic rings. The van der Waals surface area contributed by atoms with Crippen LogP contribution < -0.4 is 0 Å². The molecule has 1 aromatic carbocycles. The first-order chi connectivity index (χ1) is 11.0. The van der Waals surface area contributed by atoms with Crippen molar-refractivity contribution in [1.82, 2.24) is 9.88 Å². The Hall–Kier alpha value is -2.60. The second-order valence-corrected chi connectivity index (χ2v) is 6.12. The first kappa shape index (κ1) is 15.3. The summed E-state index contributed by atoms with van der Waals surface area (Å²) in [4.78, 5) is 18.4. The summed E-state index contributed by atoms with van der Waals surface area (Å²) >= 11 is 1.40. The molecule has 0 fully saturated rings. The normalized spacial score (nSPS) is 10.7. The van der Waals surface area contributed by atoms with E-state index < -0.39 is 0 Å². The highest BCUT2D eigenvalue weighted by atomic mass is 32.1. The maximum absolute atomic E-state index is 12.4. The lowest BCUT2D eigenvalue weighted by Crippen LogP contribution is -2.26. The minimum absolute atomic E-state index is 0.152. The monoisotopic (exact) mass is 328 g/mol. The number of thiazole rings is 1. The Morgan fingerprint density at radius 2 is 2.00 bits per heavy atom. The van der Waals surface area contributed by atoms with Gasteiger partial charge in [-0.2, -0.15) is 0 Å². The molecule has 5 nitrogen and oxygen atoms in total. The molecule has 0 bridgehead atoms. The fourth-order valence-electron chi connectivity index (χ4n) is 2.18. The van der Waals surface area contributed by atoms with Crippen LogP contribution in [-0.2, 0) is 6.54 Å². The molecule has 0 saturated heterocycles. The van der Waals surface area contributed by atoms with E-state index in [-0.39, 0.29) is 11.7 Å². The third kappa shape index (κ3) is 3.43. The number of hydrogen-bond donors (Lipinski definition) is 1. The maximum atomic E-state index is 12.4. The van der Waals surface area contributed by atoms with Crippen LogP contribution in [0.3, 0.4) is 0 Å². The van der Waals surface area contributed by atoms with Crippen molar-refractivity contribution < 1.29 is 14.3 Å². The summed E-state index contributed by atoms with van der Waals surface area (Å²) in [6.45, 7) is 2.27. The van der Waals surface area contributed by atoms with Gasteiger partial charge in [-0.05, 0) is 43.3 Å². The largest absolute Gasteiger partial charge is 0.508 e. The van der Waals surface area contributed by atoms with Gasteiger partial charge in [-0.25, -0.2) is 4.98 Å². The molecule has 0 atom stereocenters. The zero-order valence-corrected chi connectivity index (χ0v) is 13.6. The summed E-state index contributed by atoms with van der Waals surface area (Å²) in [5.74, 6) is 1.62. The van der Waals surface area contributed by atoms with Crippen LogP contribution in [0.4, 0.5) is 0 Å². The number of carbonyl (C=O) groups excluding carboxylic acids is 1. The number of rotatable bonds is 4. The molecule has 0 saturated carbocycles.